The number of anilines is 1. The average Bonchev–Trinajstić information content (AvgIpc) is 2.94. The van der Waals surface area contributed by atoms with Crippen molar-refractivity contribution in [1.29, 1.82) is 0 Å². The van der Waals surface area contributed by atoms with Gasteiger partial charge in [-0.05, 0) is 30.3 Å². The zero-order valence-electron chi connectivity index (χ0n) is 12.3. The molecule has 24 heavy (non-hydrogen) atoms. The maximum atomic E-state index is 12.3. The SMILES string of the molecule is O=C(Nc1ccc2[nH]c(=O)[nH]c2c1)c1cc(=O)c2ccccc2o1. The Bertz CT molecular complexity index is 1200. The van der Waals surface area contributed by atoms with E-state index in [0.717, 1.165) is 6.07 Å². The highest BCUT2D eigenvalue weighted by atomic mass is 16.3. The Labute approximate surface area is 133 Å². The summed E-state index contributed by atoms with van der Waals surface area (Å²) in [5, 5.41) is 3.06. The van der Waals surface area contributed by atoms with Gasteiger partial charge in [0.15, 0.2) is 11.2 Å². The number of aromatic amines is 2. The number of rotatable bonds is 2. The van der Waals surface area contributed by atoms with Crippen molar-refractivity contribution in [2.45, 2.75) is 0 Å². The molecule has 2 heterocycles. The lowest BCUT2D eigenvalue weighted by Gasteiger charge is -2.05. The molecule has 0 aliphatic carbocycles. The number of imidazole rings is 1. The summed E-state index contributed by atoms with van der Waals surface area (Å²) in [6.45, 7) is 0. The Morgan fingerprint density at radius 1 is 0.958 bits per heavy atom. The van der Waals surface area contributed by atoms with Gasteiger partial charge in [-0.15, -0.1) is 0 Å². The van der Waals surface area contributed by atoms with E-state index < -0.39 is 5.91 Å². The molecule has 7 heteroatoms. The largest absolute Gasteiger partial charge is 0.451 e. The number of hydrogen-bond acceptors (Lipinski definition) is 4. The van der Waals surface area contributed by atoms with Crippen molar-refractivity contribution in [3.8, 4) is 0 Å². The molecule has 4 aromatic rings. The van der Waals surface area contributed by atoms with E-state index in [1.807, 2.05) is 0 Å². The molecule has 0 aliphatic heterocycles. The van der Waals surface area contributed by atoms with Crippen LogP contribution in [0.2, 0.25) is 0 Å². The van der Waals surface area contributed by atoms with Gasteiger partial charge in [0.2, 0.25) is 0 Å². The molecule has 4 rings (SSSR count). The van der Waals surface area contributed by atoms with Gasteiger partial charge in [0.05, 0.1) is 16.4 Å². The Hall–Kier alpha value is -3.61. The third kappa shape index (κ3) is 2.38. The molecular weight excluding hydrogens is 310 g/mol. The van der Waals surface area contributed by atoms with Crippen LogP contribution in [-0.2, 0) is 0 Å². The van der Waals surface area contributed by atoms with Crippen LogP contribution < -0.4 is 16.4 Å². The van der Waals surface area contributed by atoms with E-state index in [1.54, 1.807) is 42.5 Å². The van der Waals surface area contributed by atoms with Crippen LogP contribution in [0.1, 0.15) is 10.6 Å². The molecule has 0 spiro atoms. The first-order valence-corrected chi connectivity index (χ1v) is 7.16. The molecule has 118 valence electrons. The molecule has 2 aromatic carbocycles. The first kappa shape index (κ1) is 14.0. The van der Waals surface area contributed by atoms with Crippen molar-refractivity contribution >= 4 is 33.6 Å². The second-order valence-electron chi connectivity index (χ2n) is 5.26. The maximum Gasteiger partial charge on any atom is 0.323 e. The fourth-order valence-electron chi connectivity index (χ4n) is 2.52. The fraction of sp³-hybridized carbons (Fsp3) is 0. The smallest absolute Gasteiger partial charge is 0.323 e. The third-order valence-corrected chi connectivity index (χ3v) is 3.63. The van der Waals surface area contributed by atoms with Crippen molar-refractivity contribution in [1.82, 2.24) is 9.97 Å². The normalized spacial score (nSPS) is 11.0. The van der Waals surface area contributed by atoms with Gasteiger partial charge in [-0.3, -0.25) is 9.59 Å². The number of hydrogen-bond donors (Lipinski definition) is 3. The van der Waals surface area contributed by atoms with Crippen molar-refractivity contribution < 1.29 is 9.21 Å². The number of carbonyl (C=O) groups is 1. The highest BCUT2D eigenvalue weighted by molar-refractivity contribution is 6.03. The van der Waals surface area contributed by atoms with Gasteiger partial charge < -0.3 is 19.7 Å². The van der Waals surface area contributed by atoms with Gasteiger partial charge in [0.25, 0.3) is 5.91 Å². The van der Waals surface area contributed by atoms with Crippen molar-refractivity contribution in [2.75, 3.05) is 5.32 Å². The highest BCUT2D eigenvalue weighted by Crippen LogP contribution is 2.17. The summed E-state index contributed by atoms with van der Waals surface area (Å²) in [5.74, 6) is -0.628. The minimum atomic E-state index is -0.546. The average molecular weight is 321 g/mol. The van der Waals surface area contributed by atoms with E-state index in [1.165, 1.54) is 0 Å². The number of nitrogens with one attached hydrogen (secondary N) is 3. The lowest BCUT2D eigenvalue weighted by atomic mass is 10.2. The topological polar surface area (TPSA) is 108 Å². The van der Waals surface area contributed by atoms with Gasteiger partial charge in [0.1, 0.15) is 5.58 Å². The molecule has 0 atom stereocenters. The molecule has 0 saturated heterocycles. The monoisotopic (exact) mass is 321 g/mol. The zero-order valence-corrected chi connectivity index (χ0v) is 12.3. The van der Waals surface area contributed by atoms with E-state index in [0.29, 0.717) is 27.7 Å². The van der Waals surface area contributed by atoms with Gasteiger partial charge in [-0.2, -0.15) is 0 Å². The first-order valence-electron chi connectivity index (χ1n) is 7.16. The zero-order chi connectivity index (χ0) is 16.7. The number of amides is 1. The number of carbonyl (C=O) groups excluding carboxylic acids is 1. The highest BCUT2D eigenvalue weighted by Gasteiger charge is 2.13. The van der Waals surface area contributed by atoms with Crippen LogP contribution in [-0.4, -0.2) is 15.9 Å². The van der Waals surface area contributed by atoms with Crippen LogP contribution >= 0.6 is 0 Å². The van der Waals surface area contributed by atoms with Crippen LogP contribution in [0.25, 0.3) is 22.0 Å². The maximum absolute atomic E-state index is 12.3. The molecular formula is C17H11N3O4. The van der Waals surface area contributed by atoms with Crippen LogP contribution in [0, 0.1) is 0 Å². The molecule has 7 nitrogen and oxygen atoms in total. The second kappa shape index (κ2) is 5.24. The summed E-state index contributed by atoms with van der Waals surface area (Å²) in [7, 11) is 0. The molecule has 0 radical (unpaired) electrons. The number of fused-ring (bicyclic) bond motifs is 2. The molecule has 0 fully saturated rings. The Balaban J connectivity index is 1.70. The second-order valence-corrected chi connectivity index (χ2v) is 5.26. The van der Waals surface area contributed by atoms with Crippen molar-refractivity contribution in [2.24, 2.45) is 0 Å². The van der Waals surface area contributed by atoms with E-state index in [9.17, 15) is 14.4 Å². The summed E-state index contributed by atoms with van der Waals surface area (Å²) in [6, 6.07) is 12.8. The van der Waals surface area contributed by atoms with Gasteiger partial charge in [-0.1, -0.05) is 12.1 Å². The molecule has 2 aromatic heterocycles. The van der Waals surface area contributed by atoms with Crippen LogP contribution in [0.15, 0.2) is 62.5 Å². The third-order valence-electron chi connectivity index (χ3n) is 3.63. The quantitative estimate of drug-likeness (QED) is 0.526. The minimum Gasteiger partial charge on any atom is -0.451 e. The number of aromatic nitrogens is 2. The molecule has 0 saturated carbocycles. The van der Waals surface area contributed by atoms with Gasteiger partial charge in [0, 0.05) is 11.8 Å². The Morgan fingerprint density at radius 3 is 2.62 bits per heavy atom. The van der Waals surface area contributed by atoms with Crippen LogP contribution in [0.4, 0.5) is 5.69 Å². The standard InChI is InChI=1S/C17H11N3O4/c21-13-8-15(24-14-4-2-1-3-10(13)14)16(22)18-9-5-6-11-12(7-9)20-17(23)19-11/h1-8H,(H,18,22)(H2,19,20,23). The Kier molecular flexibility index (Phi) is 3.06. The summed E-state index contributed by atoms with van der Waals surface area (Å²) in [6.07, 6.45) is 0. The number of para-hydroxylation sites is 1. The van der Waals surface area contributed by atoms with E-state index in [-0.39, 0.29) is 16.9 Å². The van der Waals surface area contributed by atoms with E-state index in [4.69, 9.17) is 4.42 Å². The summed E-state index contributed by atoms with van der Waals surface area (Å²) in [5.41, 5.74) is 1.41. The molecule has 0 unspecified atom stereocenters. The molecule has 0 bridgehead atoms. The Morgan fingerprint density at radius 2 is 1.75 bits per heavy atom. The molecule has 3 N–H and O–H groups in total. The van der Waals surface area contributed by atoms with Crippen molar-refractivity contribution in [3.63, 3.8) is 0 Å². The van der Waals surface area contributed by atoms with E-state index >= 15 is 0 Å². The fourth-order valence-corrected chi connectivity index (χ4v) is 2.52. The predicted molar refractivity (Wildman–Crippen MR) is 89.4 cm³/mol. The lowest BCUT2D eigenvalue weighted by Crippen LogP contribution is -2.14. The van der Waals surface area contributed by atoms with Crippen molar-refractivity contribution in [3.05, 3.63) is 75.0 Å². The summed E-state index contributed by atoms with van der Waals surface area (Å²) in [4.78, 5) is 40.9. The first-order chi connectivity index (χ1) is 11.6. The number of benzene rings is 2. The van der Waals surface area contributed by atoms with Crippen LogP contribution in [0.3, 0.4) is 0 Å². The summed E-state index contributed by atoms with van der Waals surface area (Å²) < 4.78 is 5.49. The molecule has 1 amide bonds. The summed E-state index contributed by atoms with van der Waals surface area (Å²) >= 11 is 0. The minimum absolute atomic E-state index is 0.0821. The lowest BCUT2D eigenvalue weighted by molar-refractivity contribution is 0.0997. The van der Waals surface area contributed by atoms with Gasteiger partial charge >= 0.3 is 5.69 Å². The predicted octanol–water partition coefficient (Wildman–Crippen LogP) is 2.21. The number of H-pyrrole nitrogens is 2. The van der Waals surface area contributed by atoms with Gasteiger partial charge in [-0.25, -0.2) is 4.79 Å². The van der Waals surface area contributed by atoms with Crippen LogP contribution in [0.5, 0.6) is 0 Å². The molecule has 0 aliphatic rings. The van der Waals surface area contributed by atoms with E-state index in [2.05, 4.69) is 15.3 Å².